The van der Waals surface area contributed by atoms with E-state index < -0.39 is 11.8 Å². The number of hydrogen-bond donors (Lipinski definition) is 1. The van der Waals surface area contributed by atoms with E-state index in [2.05, 4.69) is 10.5 Å². The Morgan fingerprint density at radius 1 is 1.29 bits per heavy atom. The van der Waals surface area contributed by atoms with Crippen LogP contribution in [0.4, 0.5) is 4.79 Å². The molecule has 2 aromatic rings. The number of aromatic nitrogens is 1. The van der Waals surface area contributed by atoms with Crippen molar-refractivity contribution in [1.29, 1.82) is 0 Å². The molecule has 1 aromatic heterocycles. The standard InChI is InChI=1S/C18H15N3O6S/c1-10-6-12(20-27-10)16(22)19-4-5-21-17(23)15(28-18(21)24)8-11-2-3-13-14(7-11)26-9-25-13/h2-3,6-8H,4-5,9H2,1H3,(H,19,22)/b15-8-. The van der Waals surface area contributed by atoms with Crippen LogP contribution in [-0.2, 0) is 4.79 Å². The van der Waals surface area contributed by atoms with Crippen LogP contribution >= 0.6 is 11.8 Å². The minimum atomic E-state index is -0.431. The van der Waals surface area contributed by atoms with Gasteiger partial charge in [0.25, 0.3) is 17.1 Å². The van der Waals surface area contributed by atoms with Crippen LogP contribution in [0.5, 0.6) is 11.5 Å². The van der Waals surface area contributed by atoms with Gasteiger partial charge in [-0.3, -0.25) is 19.3 Å². The van der Waals surface area contributed by atoms with E-state index in [0.717, 1.165) is 22.2 Å². The first-order valence-corrected chi connectivity index (χ1v) is 9.19. The molecule has 2 aliphatic heterocycles. The number of ether oxygens (including phenoxy) is 2. The van der Waals surface area contributed by atoms with Crippen LogP contribution in [0.15, 0.2) is 33.7 Å². The molecule has 1 N–H and O–H groups in total. The number of carbonyl (C=O) groups excluding carboxylic acids is 3. The number of thioether (sulfide) groups is 1. The summed E-state index contributed by atoms with van der Waals surface area (Å²) in [5.41, 5.74) is 0.874. The second-order valence-corrected chi connectivity index (χ2v) is 7.02. The molecule has 3 heterocycles. The van der Waals surface area contributed by atoms with Crippen LogP contribution in [-0.4, -0.2) is 47.0 Å². The zero-order valence-corrected chi connectivity index (χ0v) is 15.6. The van der Waals surface area contributed by atoms with Crippen molar-refractivity contribution < 1.29 is 28.4 Å². The molecule has 0 bridgehead atoms. The highest BCUT2D eigenvalue weighted by Gasteiger charge is 2.34. The lowest BCUT2D eigenvalue weighted by Crippen LogP contribution is -2.37. The van der Waals surface area contributed by atoms with Gasteiger partial charge in [0.15, 0.2) is 17.2 Å². The van der Waals surface area contributed by atoms with Gasteiger partial charge in [0.05, 0.1) is 4.91 Å². The molecular weight excluding hydrogens is 386 g/mol. The molecule has 0 spiro atoms. The Labute approximate surface area is 163 Å². The van der Waals surface area contributed by atoms with Gasteiger partial charge in [-0.05, 0) is 42.5 Å². The van der Waals surface area contributed by atoms with Crippen molar-refractivity contribution in [3.05, 3.63) is 46.2 Å². The minimum Gasteiger partial charge on any atom is -0.454 e. The maximum absolute atomic E-state index is 12.5. The van der Waals surface area contributed by atoms with Crippen LogP contribution in [0.3, 0.4) is 0 Å². The first kappa shape index (κ1) is 18.1. The third-order valence-electron chi connectivity index (χ3n) is 4.05. The number of rotatable bonds is 5. The Hall–Kier alpha value is -3.27. The molecule has 28 heavy (non-hydrogen) atoms. The van der Waals surface area contributed by atoms with E-state index in [4.69, 9.17) is 14.0 Å². The summed E-state index contributed by atoms with van der Waals surface area (Å²) in [6.45, 7) is 2.01. The molecule has 3 amide bonds. The lowest BCUT2D eigenvalue weighted by atomic mass is 10.2. The van der Waals surface area contributed by atoms with Crippen molar-refractivity contribution in [3.8, 4) is 11.5 Å². The second-order valence-electron chi connectivity index (χ2n) is 6.02. The molecule has 10 heteroatoms. The Kier molecular flexibility index (Phi) is 4.78. The van der Waals surface area contributed by atoms with Crippen LogP contribution in [0.2, 0.25) is 0 Å². The van der Waals surface area contributed by atoms with E-state index in [1.54, 1.807) is 31.2 Å². The molecule has 0 saturated carbocycles. The van der Waals surface area contributed by atoms with Crippen molar-refractivity contribution in [2.24, 2.45) is 0 Å². The summed E-state index contributed by atoms with van der Waals surface area (Å²) in [5, 5.41) is 5.83. The predicted molar refractivity (Wildman–Crippen MR) is 98.8 cm³/mol. The molecule has 1 aromatic carbocycles. The van der Waals surface area contributed by atoms with E-state index in [0.29, 0.717) is 22.2 Å². The van der Waals surface area contributed by atoms with E-state index in [-0.39, 0.29) is 30.8 Å². The van der Waals surface area contributed by atoms with Gasteiger partial charge in [-0.1, -0.05) is 11.2 Å². The van der Waals surface area contributed by atoms with Gasteiger partial charge < -0.3 is 19.3 Å². The average Bonchev–Trinajstić information content (AvgIpc) is 3.37. The normalized spacial score (nSPS) is 16.9. The number of nitrogens with one attached hydrogen (secondary N) is 1. The largest absolute Gasteiger partial charge is 0.454 e. The summed E-state index contributed by atoms with van der Waals surface area (Å²) in [7, 11) is 0. The summed E-state index contributed by atoms with van der Waals surface area (Å²) in [6, 6.07) is 6.78. The molecule has 9 nitrogen and oxygen atoms in total. The van der Waals surface area contributed by atoms with Gasteiger partial charge >= 0.3 is 0 Å². The van der Waals surface area contributed by atoms with Gasteiger partial charge in [0.2, 0.25) is 6.79 Å². The second kappa shape index (κ2) is 7.39. The number of fused-ring (bicyclic) bond motifs is 1. The number of imide groups is 1. The fourth-order valence-electron chi connectivity index (χ4n) is 2.69. The summed E-state index contributed by atoms with van der Waals surface area (Å²) >= 11 is 0.855. The monoisotopic (exact) mass is 401 g/mol. The molecule has 4 rings (SSSR count). The van der Waals surface area contributed by atoms with Crippen molar-refractivity contribution in [2.45, 2.75) is 6.92 Å². The Morgan fingerprint density at radius 2 is 2.11 bits per heavy atom. The summed E-state index contributed by atoms with van der Waals surface area (Å²) < 4.78 is 15.4. The highest BCUT2D eigenvalue weighted by Crippen LogP contribution is 2.36. The van der Waals surface area contributed by atoms with Crippen LogP contribution in [0, 0.1) is 6.92 Å². The Balaban J connectivity index is 1.38. The highest BCUT2D eigenvalue weighted by atomic mass is 32.2. The summed E-state index contributed by atoms with van der Waals surface area (Å²) in [6.07, 6.45) is 1.63. The zero-order chi connectivity index (χ0) is 19.7. The van der Waals surface area contributed by atoms with Crippen LogP contribution in [0.1, 0.15) is 21.8 Å². The fourth-order valence-corrected chi connectivity index (χ4v) is 3.56. The molecule has 2 aliphatic rings. The van der Waals surface area contributed by atoms with Crippen molar-refractivity contribution in [1.82, 2.24) is 15.4 Å². The van der Waals surface area contributed by atoms with Crippen molar-refractivity contribution in [3.63, 3.8) is 0 Å². The molecule has 0 aliphatic carbocycles. The molecule has 0 unspecified atom stereocenters. The topological polar surface area (TPSA) is 111 Å². The maximum Gasteiger partial charge on any atom is 0.293 e. The first-order chi connectivity index (χ1) is 13.5. The van der Waals surface area contributed by atoms with E-state index in [9.17, 15) is 14.4 Å². The van der Waals surface area contributed by atoms with Gasteiger partial charge in [0.1, 0.15) is 5.76 Å². The van der Waals surface area contributed by atoms with Gasteiger partial charge in [-0.25, -0.2) is 0 Å². The number of benzene rings is 1. The van der Waals surface area contributed by atoms with E-state index >= 15 is 0 Å². The van der Waals surface area contributed by atoms with Crippen molar-refractivity contribution >= 4 is 34.9 Å². The van der Waals surface area contributed by atoms with Crippen molar-refractivity contribution in [2.75, 3.05) is 19.9 Å². The van der Waals surface area contributed by atoms with Gasteiger partial charge in [-0.2, -0.15) is 0 Å². The summed E-state index contributed by atoms with van der Waals surface area (Å²) in [5.74, 6) is 0.922. The lowest BCUT2D eigenvalue weighted by molar-refractivity contribution is -0.122. The number of carbonyl (C=O) groups is 3. The molecule has 144 valence electrons. The quantitative estimate of drug-likeness (QED) is 0.759. The number of amides is 3. The summed E-state index contributed by atoms with van der Waals surface area (Å²) in [4.78, 5) is 38.0. The molecule has 0 atom stereocenters. The lowest BCUT2D eigenvalue weighted by Gasteiger charge is -2.12. The zero-order valence-electron chi connectivity index (χ0n) is 14.8. The fraction of sp³-hybridized carbons (Fsp3) is 0.222. The molecule has 0 radical (unpaired) electrons. The SMILES string of the molecule is Cc1cc(C(=O)NCCN2C(=O)S/C(=C\c3ccc4c(c3)OCO4)C2=O)no1. The number of aryl methyl sites for hydroxylation is 1. The molecule has 1 saturated heterocycles. The average molecular weight is 401 g/mol. The third kappa shape index (κ3) is 3.58. The van der Waals surface area contributed by atoms with Crippen LogP contribution < -0.4 is 14.8 Å². The van der Waals surface area contributed by atoms with E-state index in [1.807, 2.05) is 0 Å². The third-order valence-corrected chi connectivity index (χ3v) is 4.96. The Bertz CT molecular complexity index is 999. The maximum atomic E-state index is 12.5. The molecular formula is C18H15N3O6S. The molecule has 1 fully saturated rings. The van der Waals surface area contributed by atoms with Crippen LogP contribution in [0.25, 0.3) is 6.08 Å². The van der Waals surface area contributed by atoms with Gasteiger partial charge in [-0.15, -0.1) is 0 Å². The number of hydrogen-bond acceptors (Lipinski definition) is 8. The predicted octanol–water partition coefficient (Wildman–Crippen LogP) is 2.18. The Morgan fingerprint density at radius 3 is 2.89 bits per heavy atom. The van der Waals surface area contributed by atoms with Gasteiger partial charge in [0, 0.05) is 19.2 Å². The highest BCUT2D eigenvalue weighted by molar-refractivity contribution is 8.18. The number of nitrogens with zero attached hydrogens (tertiary/aromatic N) is 2. The first-order valence-electron chi connectivity index (χ1n) is 8.38. The smallest absolute Gasteiger partial charge is 0.293 e. The van der Waals surface area contributed by atoms with E-state index in [1.165, 1.54) is 6.07 Å². The minimum absolute atomic E-state index is 0.0612.